The van der Waals surface area contributed by atoms with Crippen LogP contribution in [0.5, 0.6) is 11.5 Å². The van der Waals surface area contributed by atoms with Crippen molar-refractivity contribution in [1.29, 1.82) is 0 Å². The number of benzene rings is 2. The summed E-state index contributed by atoms with van der Waals surface area (Å²) in [7, 11) is 0. The number of nitrogens with one attached hydrogen (secondary N) is 1. The van der Waals surface area contributed by atoms with E-state index in [0.717, 1.165) is 0 Å². The number of para-hydroxylation sites is 3. The second-order valence-corrected chi connectivity index (χ2v) is 6.30. The van der Waals surface area contributed by atoms with Crippen LogP contribution in [0.4, 0.5) is 5.69 Å². The van der Waals surface area contributed by atoms with Crippen molar-refractivity contribution in [1.82, 2.24) is 5.32 Å². The van der Waals surface area contributed by atoms with Crippen molar-refractivity contribution in [3.8, 4) is 11.5 Å². The Labute approximate surface area is 156 Å². The summed E-state index contributed by atoms with van der Waals surface area (Å²) < 4.78 is 11.5. The molecule has 138 valence electrons. The van der Waals surface area contributed by atoms with Gasteiger partial charge in [0.05, 0.1) is 12.2 Å². The number of carbonyl (C=O) groups excluding carboxylic acids is 2. The number of ether oxygens (including phenoxy) is 2. The average Bonchev–Trinajstić information content (AvgIpc) is 2.73. The molecule has 2 amide bonds. The van der Waals surface area contributed by atoms with Gasteiger partial charge in [0.15, 0.2) is 11.5 Å². The van der Waals surface area contributed by atoms with Crippen molar-refractivity contribution in [2.45, 2.75) is 18.9 Å². The second-order valence-electron chi connectivity index (χ2n) is 6.30. The standard InChI is InChI=1S/C20H19N3O4/c24-19-11-10-16(22-23(19)14-6-2-1-3-7-14)20(25)21-12-15-13-26-17-8-4-5-9-18(17)27-15/h1-9,15H,10-13H2,(H,21,25). The molecule has 7 nitrogen and oxygen atoms in total. The number of hydrazone groups is 1. The molecule has 4 rings (SSSR count). The number of amides is 2. The predicted octanol–water partition coefficient (Wildman–Crippen LogP) is 2.13. The Morgan fingerprint density at radius 2 is 1.81 bits per heavy atom. The second kappa shape index (κ2) is 7.49. The smallest absolute Gasteiger partial charge is 0.267 e. The number of hydrogen-bond donors (Lipinski definition) is 1. The number of rotatable bonds is 4. The summed E-state index contributed by atoms with van der Waals surface area (Å²) >= 11 is 0. The fourth-order valence-corrected chi connectivity index (χ4v) is 2.96. The third kappa shape index (κ3) is 3.76. The summed E-state index contributed by atoms with van der Waals surface area (Å²) in [6.45, 7) is 0.657. The average molecular weight is 365 g/mol. The molecule has 1 N–H and O–H groups in total. The van der Waals surface area contributed by atoms with Gasteiger partial charge in [-0.05, 0) is 24.3 Å². The first kappa shape index (κ1) is 17.1. The first-order valence-electron chi connectivity index (χ1n) is 8.83. The Morgan fingerprint density at radius 3 is 2.63 bits per heavy atom. The highest BCUT2D eigenvalue weighted by molar-refractivity contribution is 6.40. The summed E-state index contributed by atoms with van der Waals surface area (Å²) in [6.07, 6.45) is 0.288. The third-order valence-corrected chi connectivity index (χ3v) is 4.35. The van der Waals surface area contributed by atoms with Crippen LogP contribution in [0.25, 0.3) is 0 Å². The molecular weight excluding hydrogens is 346 g/mol. The summed E-state index contributed by atoms with van der Waals surface area (Å²) in [5.41, 5.74) is 0.976. The quantitative estimate of drug-likeness (QED) is 0.900. The lowest BCUT2D eigenvalue weighted by atomic mass is 10.1. The molecule has 1 atom stereocenters. The van der Waals surface area contributed by atoms with Crippen molar-refractivity contribution in [2.24, 2.45) is 5.10 Å². The van der Waals surface area contributed by atoms with Crippen LogP contribution in [0.15, 0.2) is 59.7 Å². The van der Waals surface area contributed by atoms with Crippen molar-refractivity contribution < 1.29 is 19.1 Å². The van der Waals surface area contributed by atoms with Crippen LogP contribution in [0, 0.1) is 0 Å². The van der Waals surface area contributed by atoms with Gasteiger partial charge in [0, 0.05) is 12.8 Å². The lowest BCUT2D eigenvalue weighted by molar-refractivity contribution is -0.119. The van der Waals surface area contributed by atoms with E-state index in [2.05, 4.69) is 10.4 Å². The maximum absolute atomic E-state index is 12.5. The van der Waals surface area contributed by atoms with Gasteiger partial charge in [0.2, 0.25) is 5.91 Å². The molecule has 2 heterocycles. The predicted molar refractivity (Wildman–Crippen MR) is 100.0 cm³/mol. The Kier molecular flexibility index (Phi) is 4.74. The van der Waals surface area contributed by atoms with Gasteiger partial charge >= 0.3 is 0 Å². The molecule has 0 radical (unpaired) electrons. The van der Waals surface area contributed by atoms with Gasteiger partial charge in [-0.3, -0.25) is 9.59 Å². The van der Waals surface area contributed by atoms with Crippen LogP contribution in [0.2, 0.25) is 0 Å². The first-order chi connectivity index (χ1) is 13.2. The van der Waals surface area contributed by atoms with E-state index in [0.29, 0.717) is 42.5 Å². The van der Waals surface area contributed by atoms with Gasteiger partial charge in [-0.15, -0.1) is 0 Å². The molecule has 0 aromatic heterocycles. The summed E-state index contributed by atoms with van der Waals surface area (Å²) in [6, 6.07) is 16.5. The van der Waals surface area contributed by atoms with Crippen LogP contribution in [0.1, 0.15) is 12.8 Å². The van der Waals surface area contributed by atoms with Crippen LogP contribution in [0.3, 0.4) is 0 Å². The molecule has 7 heteroatoms. The Bertz CT molecular complexity index is 882. The van der Waals surface area contributed by atoms with Gasteiger partial charge in [-0.25, -0.2) is 5.01 Å². The Morgan fingerprint density at radius 1 is 1.07 bits per heavy atom. The summed E-state index contributed by atoms with van der Waals surface area (Å²) in [5, 5.41) is 8.36. The van der Waals surface area contributed by atoms with Gasteiger partial charge in [-0.2, -0.15) is 5.10 Å². The maximum atomic E-state index is 12.5. The number of hydrogen-bond acceptors (Lipinski definition) is 5. The zero-order valence-corrected chi connectivity index (χ0v) is 14.6. The largest absolute Gasteiger partial charge is 0.486 e. The van der Waals surface area contributed by atoms with Crippen LogP contribution >= 0.6 is 0 Å². The molecule has 0 fully saturated rings. The molecule has 0 saturated heterocycles. The van der Waals surface area contributed by atoms with E-state index in [1.165, 1.54) is 5.01 Å². The van der Waals surface area contributed by atoms with Crippen LogP contribution in [-0.2, 0) is 9.59 Å². The molecule has 2 aromatic rings. The SMILES string of the molecule is O=C(NCC1COc2ccccc2O1)C1=NN(c2ccccc2)C(=O)CC1. The van der Waals surface area contributed by atoms with Gasteiger partial charge in [0.1, 0.15) is 18.4 Å². The lowest BCUT2D eigenvalue weighted by Gasteiger charge is -2.27. The third-order valence-electron chi connectivity index (χ3n) is 4.35. The molecule has 2 aliphatic heterocycles. The molecule has 0 saturated carbocycles. The lowest BCUT2D eigenvalue weighted by Crippen LogP contribution is -2.44. The molecular formula is C20H19N3O4. The molecule has 0 spiro atoms. The van der Waals surface area contributed by atoms with E-state index in [1.54, 1.807) is 12.1 Å². The van der Waals surface area contributed by atoms with Crippen molar-refractivity contribution in [3.05, 3.63) is 54.6 Å². The number of anilines is 1. The molecule has 0 aliphatic carbocycles. The van der Waals surface area contributed by atoms with Crippen molar-refractivity contribution >= 4 is 23.2 Å². The number of nitrogens with zero attached hydrogens (tertiary/aromatic N) is 2. The van der Waals surface area contributed by atoms with Crippen LogP contribution < -0.4 is 19.8 Å². The van der Waals surface area contributed by atoms with Crippen molar-refractivity contribution in [2.75, 3.05) is 18.2 Å². The van der Waals surface area contributed by atoms with Crippen LogP contribution in [-0.4, -0.2) is 36.8 Å². The van der Waals surface area contributed by atoms with E-state index in [9.17, 15) is 9.59 Å². The van der Waals surface area contributed by atoms with E-state index >= 15 is 0 Å². The van der Waals surface area contributed by atoms with Crippen molar-refractivity contribution in [3.63, 3.8) is 0 Å². The molecule has 2 aliphatic rings. The Hall–Kier alpha value is -3.35. The van der Waals surface area contributed by atoms with E-state index < -0.39 is 0 Å². The molecule has 0 bridgehead atoms. The van der Waals surface area contributed by atoms with Gasteiger partial charge < -0.3 is 14.8 Å². The van der Waals surface area contributed by atoms with Gasteiger partial charge in [0.25, 0.3) is 5.91 Å². The normalized spacial score (nSPS) is 18.7. The molecule has 1 unspecified atom stereocenters. The van der Waals surface area contributed by atoms with Gasteiger partial charge in [-0.1, -0.05) is 30.3 Å². The zero-order chi connectivity index (χ0) is 18.6. The van der Waals surface area contributed by atoms with E-state index in [4.69, 9.17) is 9.47 Å². The van der Waals surface area contributed by atoms with E-state index in [-0.39, 0.29) is 24.3 Å². The molecule has 2 aromatic carbocycles. The monoisotopic (exact) mass is 365 g/mol. The number of fused-ring (bicyclic) bond motifs is 1. The molecule has 27 heavy (non-hydrogen) atoms. The highest BCUT2D eigenvalue weighted by atomic mass is 16.6. The highest BCUT2D eigenvalue weighted by Crippen LogP contribution is 2.30. The summed E-state index contributed by atoms with van der Waals surface area (Å²) in [5.74, 6) is 0.942. The fourth-order valence-electron chi connectivity index (χ4n) is 2.96. The maximum Gasteiger partial charge on any atom is 0.267 e. The minimum atomic E-state index is -0.300. The summed E-state index contributed by atoms with van der Waals surface area (Å²) in [4.78, 5) is 24.6. The minimum Gasteiger partial charge on any atom is -0.486 e. The number of carbonyl (C=O) groups is 2. The highest BCUT2D eigenvalue weighted by Gasteiger charge is 2.27. The topological polar surface area (TPSA) is 80.2 Å². The van der Waals surface area contributed by atoms with E-state index in [1.807, 2.05) is 42.5 Å². The zero-order valence-electron chi connectivity index (χ0n) is 14.6. The first-order valence-corrected chi connectivity index (χ1v) is 8.83. The fraction of sp³-hybridized carbons (Fsp3) is 0.250. The Balaban J connectivity index is 1.39. The minimum absolute atomic E-state index is 0.127.